The highest BCUT2D eigenvalue weighted by Crippen LogP contribution is 2.31. The van der Waals surface area contributed by atoms with Gasteiger partial charge in [0, 0.05) is 0 Å². The molecule has 0 saturated heterocycles. The van der Waals surface area contributed by atoms with Crippen LogP contribution in [-0.2, 0) is 0 Å². The molecule has 2 aromatic rings. The van der Waals surface area contributed by atoms with Crippen LogP contribution in [-0.4, -0.2) is 0 Å². The summed E-state index contributed by atoms with van der Waals surface area (Å²) in [5, 5.41) is 0. The molecule has 0 radical (unpaired) electrons. The van der Waals surface area contributed by atoms with Crippen molar-refractivity contribution in [3.63, 3.8) is 0 Å². The van der Waals surface area contributed by atoms with Gasteiger partial charge < -0.3 is 0 Å². The lowest BCUT2D eigenvalue weighted by atomic mass is 10.0. The summed E-state index contributed by atoms with van der Waals surface area (Å²) in [5.74, 6) is -1.64. The summed E-state index contributed by atoms with van der Waals surface area (Å²) in [6.45, 7) is 2.00. The SMILES string of the molecule is Cc1ccc(C(Br)c2ccc(F)c(F)c2)cc1. The Kier molecular flexibility index (Phi) is 3.57. The molecule has 0 N–H and O–H groups in total. The maximum Gasteiger partial charge on any atom is 0.159 e. The van der Waals surface area contributed by atoms with Crippen LogP contribution >= 0.6 is 15.9 Å². The van der Waals surface area contributed by atoms with Crippen LogP contribution in [0.15, 0.2) is 42.5 Å². The second kappa shape index (κ2) is 4.96. The van der Waals surface area contributed by atoms with E-state index < -0.39 is 11.6 Å². The van der Waals surface area contributed by atoms with Crippen LogP contribution in [0.4, 0.5) is 8.78 Å². The molecule has 17 heavy (non-hydrogen) atoms. The van der Waals surface area contributed by atoms with Crippen molar-refractivity contribution in [2.45, 2.75) is 11.8 Å². The number of halogens is 3. The summed E-state index contributed by atoms with van der Waals surface area (Å²) in [6, 6.07) is 11.9. The van der Waals surface area contributed by atoms with E-state index in [4.69, 9.17) is 0 Å². The minimum Gasteiger partial charge on any atom is -0.204 e. The average Bonchev–Trinajstić information content (AvgIpc) is 2.33. The number of hydrogen-bond acceptors (Lipinski definition) is 0. The van der Waals surface area contributed by atoms with Gasteiger partial charge >= 0.3 is 0 Å². The highest BCUT2D eigenvalue weighted by molar-refractivity contribution is 9.09. The Morgan fingerprint density at radius 3 is 2.06 bits per heavy atom. The molecule has 2 rings (SSSR count). The van der Waals surface area contributed by atoms with Gasteiger partial charge in [0.1, 0.15) is 0 Å². The number of hydrogen-bond donors (Lipinski definition) is 0. The van der Waals surface area contributed by atoms with Crippen molar-refractivity contribution in [2.24, 2.45) is 0 Å². The summed E-state index contributed by atoms with van der Waals surface area (Å²) >= 11 is 3.49. The second-order valence-electron chi connectivity index (χ2n) is 3.95. The highest BCUT2D eigenvalue weighted by atomic mass is 79.9. The minimum atomic E-state index is -0.822. The van der Waals surface area contributed by atoms with Crippen LogP contribution in [0, 0.1) is 18.6 Å². The Balaban J connectivity index is 2.33. The summed E-state index contributed by atoms with van der Waals surface area (Å²) < 4.78 is 26.0. The van der Waals surface area contributed by atoms with E-state index in [0.29, 0.717) is 5.56 Å². The molecule has 0 aliphatic rings. The number of aryl methyl sites for hydroxylation is 1. The second-order valence-corrected chi connectivity index (χ2v) is 4.86. The molecule has 0 heterocycles. The molecule has 0 aromatic heterocycles. The Labute approximate surface area is 107 Å². The molecule has 0 bridgehead atoms. The summed E-state index contributed by atoms with van der Waals surface area (Å²) in [7, 11) is 0. The van der Waals surface area contributed by atoms with E-state index in [-0.39, 0.29) is 4.83 Å². The van der Waals surface area contributed by atoms with Crippen molar-refractivity contribution in [1.29, 1.82) is 0 Å². The fourth-order valence-corrected chi connectivity index (χ4v) is 2.19. The van der Waals surface area contributed by atoms with Gasteiger partial charge in [-0.1, -0.05) is 51.8 Å². The molecule has 0 saturated carbocycles. The number of alkyl halides is 1. The third kappa shape index (κ3) is 2.72. The average molecular weight is 297 g/mol. The van der Waals surface area contributed by atoms with E-state index in [0.717, 1.165) is 11.6 Å². The molecule has 0 amide bonds. The van der Waals surface area contributed by atoms with E-state index in [1.807, 2.05) is 31.2 Å². The van der Waals surface area contributed by atoms with E-state index in [1.54, 1.807) is 6.07 Å². The molecule has 1 unspecified atom stereocenters. The first-order valence-corrected chi connectivity index (χ1v) is 6.15. The van der Waals surface area contributed by atoms with Crippen LogP contribution in [0.2, 0.25) is 0 Å². The highest BCUT2D eigenvalue weighted by Gasteiger charge is 2.12. The lowest BCUT2D eigenvalue weighted by Crippen LogP contribution is -1.95. The molecule has 0 aliphatic heterocycles. The zero-order valence-electron chi connectivity index (χ0n) is 9.25. The van der Waals surface area contributed by atoms with Gasteiger partial charge in [-0.2, -0.15) is 0 Å². The van der Waals surface area contributed by atoms with E-state index in [9.17, 15) is 8.78 Å². The van der Waals surface area contributed by atoms with Gasteiger partial charge in [-0.25, -0.2) is 8.78 Å². The molecule has 0 spiro atoms. The monoisotopic (exact) mass is 296 g/mol. The molecule has 0 aliphatic carbocycles. The lowest BCUT2D eigenvalue weighted by molar-refractivity contribution is 0.507. The van der Waals surface area contributed by atoms with Gasteiger partial charge in [0.25, 0.3) is 0 Å². The topological polar surface area (TPSA) is 0 Å². The first-order valence-electron chi connectivity index (χ1n) is 5.23. The van der Waals surface area contributed by atoms with Crippen molar-refractivity contribution in [1.82, 2.24) is 0 Å². The zero-order chi connectivity index (χ0) is 12.4. The van der Waals surface area contributed by atoms with Crippen molar-refractivity contribution < 1.29 is 8.78 Å². The van der Waals surface area contributed by atoms with Crippen LogP contribution in [0.3, 0.4) is 0 Å². The van der Waals surface area contributed by atoms with Gasteiger partial charge in [-0.15, -0.1) is 0 Å². The van der Waals surface area contributed by atoms with Crippen molar-refractivity contribution in [3.8, 4) is 0 Å². The van der Waals surface area contributed by atoms with Gasteiger partial charge in [0.15, 0.2) is 11.6 Å². The Bertz CT molecular complexity index is 520. The van der Waals surface area contributed by atoms with Crippen molar-refractivity contribution in [3.05, 3.63) is 70.8 Å². The van der Waals surface area contributed by atoms with Crippen LogP contribution in [0.5, 0.6) is 0 Å². The minimum absolute atomic E-state index is 0.127. The van der Waals surface area contributed by atoms with Crippen LogP contribution in [0.25, 0.3) is 0 Å². The smallest absolute Gasteiger partial charge is 0.159 e. The maximum absolute atomic E-state index is 13.1. The quantitative estimate of drug-likeness (QED) is 0.701. The van der Waals surface area contributed by atoms with Crippen molar-refractivity contribution in [2.75, 3.05) is 0 Å². The Hall–Kier alpha value is -1.22. The van der Waals surface area contributed by atoms with E-state index in [1.165, 1.54) is 11.6 Å². The number of rotatable bonds is 2. The molecule has 0 fully saturated rings. The van der Waals surface area contributed by atoms with Crippen molar-refractivity contribution >= 4 is 15.9 Å². The Morgan fingerprint density at radius 1 is 0.882 bits per heavy atom. The summed E-state index contributed by atoms with van der Waals surface area (Å²) in [6.07, 6.45) is 0. The van der Waals surface area contributed by atoms with E-state index in [2.05, 4.69) is 15.9 Å². The molecular formula is C14H11BrF2. The zero-order valence-corrected chi connectivity index (χ0v) is 10.8. The molecular weight excluding hydrogens is 286 g/mol. The first kappa shape index (κ1) is 12.2. The van der Waals surface area contributed by atoms with Gasteiger partial charge in [0.05, 0.1) is 4.83 Å². The number of benzene rings is 2. The Morgan fingerprint density at radius 2 is 1.47 bits per heavy atom. The fraction of sp³-hybridized carbons (Fsp3) is 0.143. The summed E-state index contributed by atoms with van der Waals surface area (Å²) in [4.78, 5) is -0.127. The lowest BCUT2D eigenvalue weighted by Gasteiger charge is -2.11. The predicted molar refractivity (Wildman–Crippen MR) is 68.3 cm³/mol. The largest absolute Gasteiger partial charge is 0.204 e. The van der Waals surface area contributed by atoms with Gasteiger partial charge in [0.2, 0.25) is 0 Å². The molecule has 3 heteroatoms. The van der Waals surface area contributed by atoms with Crippen LogP contribution < -0.4 is 0 Å². The third-order valence-corrected chi connectivity index (χ3v) is 3.66. The third-order valence-electron chi connectivity index (χ3n) is 2.61. The predicted octanol–water partition coefficient (Wildman–Crippen LogP) is 4.76. The molecule has 88 valence electrons. The van der Waals surface area contributed by atoms with E-state index >= 15 is 0 Å². The molecule has 2 aromatic carbocycles. The summed E-state index contributed by atoms with van der Waals surface area (Å²) in [5.41, 5.74) is 2.88. The normalized spacial score (nSPS) is 12.5. The van der Waals surface area contributed by atoms with Gasteiger partial charge in [-0.05, 0) is 30.2 Å². The fourth-order valence-electron chi connectivity index (χ4n) is 1.60. The maximum atomic E-state index is 13.1. The van der Waals surface area contributed by atoms with Crippen LogP contribution in [0.1, 0.15) is 21.5 Å². The standard InChI is InChI=1S/C14H11BrF2/c1-9-2-4-10(5-3-9)14(15)11-6-7-12(16)13(17)8-11/h2-8,14H,1H3. The van der Waals surface area contributed by atoms with Gasteiger partial charge in [-0.3, -0.25) is 0 Å². The molecule has 1 atom stereocenters. The molecule has 0 nitrogen and oxygen atoms in total. The first-order chi connectivity index (χ1) is 8.08.